The summed E-state index contributed by atoms with van der Waals surface area (Å²) in [5.74, 6) is 0.995. The summed E-state index contributed by atoms with van der Waals surface area (Å²) in [4.78, 5) is 26.5. The summed E-state index contributed by atoms with van der Waals surface area (Å²) in [5, 5.41) is 2.85. The molecule has 1 fully saturated rings. The predicted molar refractivity (Wildman–Crippen MR) is 108 cm³/mol. The van der Waals surface area contributed by atoms with Gasteiger partial charge in [0.1, 0.15) is 0 Å². The van der Waals surface area contributed by atoms with Gasteiger partial charge < -0.3 is 14.8 Å². The van der Waals surface area contributed by atoms with E-state index in [1.807, 2.05) is 31.2 Å². The number of carbonyl (C=O) groups excluding carboxylic acids is 2. The number of nitrogens with zero attached hydrogens (tertiary/aromatic N) is 1. The number of fused-ring (bicyclic) bond motifs is 1. The lowest BCUT2D eigenvalue weighted by Gasteiger charge is -2.16. The normalized spacial score (nSPS) is 17.1. The summed E-state index contributed by atoms with van der Waals surface area (Å²) in [7, 11) is 0. The van der Waals surface area contributed by atoms with E-state index in [-0.39, 0.29) is 24.6 Å². The van der Waals surface area contributed by atoms with Gasteiger partial charge in [0.05, 0.1) is 11.6 Å². The smallest absolute Gasteiger partial charge is 0.295 e. The number of imide groups is 1. The number of carbonyl (C=O) groups is 2. The topological polar surface area (TPSA) is 67.9 Å². The summed E-state index contributed by atoms with van der Waals surface area (Å²) in [6.45, 7) is 2.27. The Kier molecular flexibility index (Phi) is 4.84. The average Bonchev–Trinajstić information content (AvgIpc) is 3.19. The van der Waals surface area contributed by atoms with Crippen LogP contribution in [0.5, 0.6) is 11.5 Å². The Balaban J connectivity index is 1.48. The standard InChI is InChI=1S/C19H15BrN2O4S/c1-11-6-13(20)3-4-14(11)21-9-22-18(23)17(27-19(22)24)8-12-2-5-15-16(7-12)26-10-25-15/h2-8,21H,9-10H2,1H3. The SMILES string of the molecule is Cc1cc(Br)ccc1NCN1C(=O)SC(=Cc2ccc3c(c2)OCO3)C1=O. The lowest BCUT2D eigenvalue weighted by molar-refractivity contribution is -0.122. The largest absolute Gasteiger partial charge is 0.454 e. The molecular weight excluding hydrogens is 432 g/mol. The number of ether oxygens (including phenoxy) is 2. The summed E-state index contributed by atoms with van der Waals surface area (Å²) < 4.78 is 11.6. The molecule has 2 aromatic carbocycles. The maximum Gasteiger partial charge on any atom is 0.295 e. The molecule has 0 aliphatic carbocycles. The number of halogens is 1. The van der Waals surface area contributed by atoms with Gasteiger partial charge in [0, 0.05) is 10.2 Å². The van der Waals surface area contributed by atoms with Gasteiger partial charge in [-0.1, -0.05) is 22.0 Å². The van der Waals surface area contributed by atoms with Gasteiger partial charge in [-0.15, -0.1) is 0 Å². The van der Waals surface area contributed by atoms with Crippen LogP contribution >= 0.6 is 27.7 Å². The molecule has 1 saturated heterocycles. The van der Waals surface area contributed by atoms with Crippen LogP contribution in [0, 0.1) is 6.92 Å². The van der Waals surface area contributed by atoms with E-state index in [0.717, 1.165) is 33.0 Å². The highest BCUT2D eigenvalue weighted by atomic mass is 79.9. The zero-order valence-electron chi connectivity index (χ0n) is 14.3. The van der Waals surface area contributed by atoms with Crippen LogP contribution in [0.3, 0.4) is 0 Å². The highest BCUT2D eigenvalue weighted by Crippen LogP contribution is 2.36. The van der Waals surface area contributed by atoms with E-state index in [4.69, 9.17) is 9.47 Å². The summed E-state index contributed by atoms with van der Waals surface area (Å²) in [5.41, 5.74) is 2.67. The first kappa shape index (κ1) is 17.9. The van der Waals surface area contributed by atoms with Crippen molar-refractivity contribution in [3.8, 4) is 11.5 Å². The number of hydrogen-bond acceptors (Lipinski definition) is 6. The summed E-state index contributed by atoms with van der Waals surface area (Å²) >= 11 is 4.35. The van der Waals surface area contributed by atoms with Gasteiger partial charge in [-0.25, -0.2) is 0 Å². The van der Waals surface area contributed by atoms with Crippen molar-refractivity contribution in [2.75, 3.05) is 18.8 Å². The van der Waals surface area contributed by atoms with E-state index < -0.39 is 0 Å². The van der Waals surface area contributed by atoms with Crippen molar-refractivity contribution >= 4 is 50.6 Å². The molecule has 0 aromatic heterocycles. The van der Waals surface area contributed by atoms with Gasteiger partial charge in [-0.05, 0) is 66.2 Å². The van der Waals surface area contributed by atoms with E-state index in [9.17, 15) is 9.59 Å². The van der Waals surface area contributed by atoms with Crippen molar-refractivity contribution in [2.45, 2.75) is 6.92 Å². The van der Waals surface area contributed by atoms with Gasteiger partial charge in [-0.2, -0.15) is 0 Å². The van der Waals surface area contributed by atoms with Crippen LogP contribution in [-0.4, -0.2) is 29.5 Å². The fraction of sp³-hybridized carbons (Fsp3) is 0.158. The minimum Gasteiger partial charge on any atom is -0.454 e. The second-order valence-electron chi connectivity index (χ2n) is 6.02. The van der Waals surface area contributed by atoms with Crippen LogP contribution in [0.25, 0.3) is 6.08 Å². The number of thioether (sulfide) groups is 1. The number of nitrogens with one attached hydrogen (secondary N) is 1. The molecule has 0 spiro atoms. The molecule has 0 unspecified atom stereocenters. The van der Waals surface area contributed by atoms with Crippen molar-refractivity contribution in [1.29, 1.82) is 0 Å². The highest BCUT2D eigenvalue weighted by Gasteiger charge is 2.35. The number of amides is 2. The third kappa shape index (κ3) is 3.68. The minimum atomic E-state index is -0.315. The Morgan fingerprint density at radius 3 is 2.81 bits per heavy atom. The molecule has 2 aromatic rings. The quantitative estimate of drug-likeness (QED) is 0.692. The molecule has 2 aliphatic heterocycles. The molecule has 4 rings (SSSR count). The number of rotatable bonds is 4. The molecule has 6 nitrogen and oxygen atoms in total. The first-order valence-corrected chi connectivity index (χ1v) is 9.77. The van der Waals surface area contributed by atoms with E-state index in [2.05, 4.69) is 21.2 Å². The Morgan fingerprint density at radius 2 is 2.00 bits per heavy atom. The summed E-state index contributed by atoms with van der Waals surface area (Å²) in [6, 6.07) is 11.2. The van der Waals surface area contributed by atoms with Crippen molar-refractivity contribution in [2.24, 2.45) is 0 Å². The summed E-state index contributed by atoms with van der Waals surface area (Å²) in [6.07, 6.45) is 1.69. The molecule has 0 radical (unpaired) electrons. The molecule has 2 amide bonds. The molecule has 0 bridgehead atoms. The lowest BCUT2D eigenvalue weighted by atomic mass is 10.2. The minimum absolute atomic E-state index is 0.117. The second-order valence-corrected chi connectivity index (χ2v) is 7.93. The third-order valence-electron chi connectivity index (χ3n) is 4.18. The number of benzene rings is 2. The number of hydrogen-bond donors (Lipinski definition) is 1. The molecule has 0 atom stereocenters. The fourth-order valence-corrected chi connectivity index (χ4v) is 4.09. The molecule has 1 N–H and O–H groups in total. The van der Waals surface area contributed by atoms with Crippen molar-refractivity contribution in [1.82, 2.24) is 4.90 Å². The van der Waals surface area contributed by atoms with Gasteiger partial charge in [0.2, 0.25) is 6.79 Å². The monoisotopic (exact) mass is 446 g/mol. The molecule has 0 saturated carbocycles. The van der Waals surface area contributed by atoms with Crippen LogP contribution in [-0.2, 0) is 4.79 Å². The third-order valence-corrected chi connectivity index (χ3v) is 5.58. The highest BCUT2D eigenvalue weighted by molar-refractivity contribution is 9.10. The Morgan fingerprint density at radius 1 is 1.19 bits per heavy atom. The number of anilines is 1. The molecule has 27 heavy (non-hydrogen) atoms. The van der Waals surface area contributed by atoms with E-state index in [1.165, 1.54) is 4.90 Å². The van der Waals surface area contributed by atoms with Crippen molar-refractivity contribution in [3.05, 3.63) is 56.9 Å². The van der Waals surface area contributed by atoms with Crippen molar-refractivity contribution < 1.29 is 19.1 Å². The van der Waals surface area contributed by atoms with Crippen LogP contribution in [0.4, 0.5) is 10.5 Å². The molecule has 8 heteroatoms. The van der Waals surface area contributed by atoms with Crippen molar-refractivity contribution in [3.63, 3.8) is 0 Å². The van der Waals surface area contributed by atoms with E-state index in [0.29, 0.717) is 16.4 Å². The van der Waals surface area contributed by atoms with Crippen LogP contribution in [0.2, 0.25) is 0 Å². The van der Waals surface area contributed by atoms with Crippen LogP contribution in [0.15, 0.2) is 45.8 Å². The van der Waals surface area contributed by atoms with E-state index in [1.54, 1.807) is 18.2 Å². The van der Waals surface area contributed by atoms with Gasteiger partial charge >= 0.3 is 0 Å². The number of aryl methyl sites for hydroxylation is 1. The van der Waals surface area contributed by atoms with Gasteiger partial charge in [-0.3, -0.25) is 14.5 Å². The molecular formula is C19H15BrN2O4S. The Bertz CT molecular complexity index is 976. The maximum atomic E-state index is 12.6. The maximum absolute atomic E-state index is 12.6. The van der Waals surface area contributed by atoms with E-state index >= 15 is 0 Å². The first-order valence-electron chi connectivity index (χ1n) is 8.16. The average molecular weight is 447 g/mol. The molecule has 2 aliphatic rings. The van der Waals surface area contributed by atoms with Gasteiger partial charge in [0.25, 0.3) is 11.1 Å². The predicted octanol–water partition coefficient (Wildman–Crippen LogP) is 4.59. The second kappa shape index (κ2) is 7.28. The Labute approximate surface area is 168 Å². The fourth-order valence-electron chi connectivity index (χ4n) is 2.78. The first-order chi connectivity index (χ1) is 13.0. The zero-order chi connectivity index (χ0) is 19.0. The van der Waals surface area contributed by atoms with Crippen LogP contribution < -0.4 is 14.8 Å². The van der Waals surface area contributed by atoms with Crippen LogP contribution in [0.1, 0.15) is 11.1 Å². The zero-order valence-corrected chi connectivity index (χ0v) is 16.7. The molecule has 2 heterocycles. The van der Waals surface area contributed by atoms with Gasteiger partial charge in [0.15, 0.2) is 11.5 Å². The Hall–Kier alpha value is -2.45. The lowest BCUT2D eigenvalue weighted by Crippen LogP contribution is -2.33. The molecule has 138 valence electrons.